The Bertz CT molecular complexity index is 240. The minimum atomic E-state index is -0.0701. The van der Waals surface area contributed by atoms with Crippen molar-refractivity contribution in [2.24, 2.45) is 5.92 Å². The standard InChI is InChI=1S/C13H25BrN2O/c1-10(2)12(14)13(17)15-8-9-16(3)11-6-4-5-7-11/h10-12H,4-9H2,1-3H3,(H,15,17). The summed E-state index contributed by atoms with van der Waals surface area (Å²) in [4.78, 5) is 14.0. The zero-order chi connectivity index (χ0) is 12.8. The average Bonchev–Trinajstić information content (AvgIpc) is 2.80. The Balaban J connectivity index is 2.16. The quantitative estimate of drug-likeness (QED) is 0.764. The van der Waals surface area contributed by atoms with Crippen LogP contribution >= 0.6 is 15.9 Å². The van der Waals surface area contributed by atoms with Crippen LogP contribution in [0.15, 0.2) is 0 Å². The van der Waals surface area contributed by atoms with Crippen molar-refractivity contribution < 1.29 is 4.79 Å². The Morgan fingerprint density at radius 1 is 1.41 bits per heavy atom. The number of hydrogen-bond donors (Lipinski definition) is 1. The van der Waals surface area contributed by atoms with Crippen molar-refractivity contribution in [1.29, 1.82) is 0 Å². The SMILES string of the molecule is CC(C)C(Br)C(=O)NCCN(C)C1CCCC1. The van der Waals surface area contributed by atoms with E-state index in [1.807, 2.05) is 13.8 Å². The Labute approximate surface area is 113 Å². The van der Waals surface area contributed by atoms with Crippen LogP contribution in [0.4, 0.5) is 0 Å². The second-order valence-corrected chi connectivity index (χ2v) is 6.34. The van der Waals surface area contributed by atoms with E-state index in [0.29, 0.717) is 5.92 Å². The minimum absolute atomic E-state index is 0.0701. The molecule has 1 fully saturated rings. The molecule has 1 unspecified atom stereocenters. The number of carbonyl (C=O) groups excluding carboxylic acids is 1. The van der Waals surface area contributed by atoms with Crippen LogP contribution in [0.5, 0.6) is 0 Å². The first-order valence-electron chi connectivity index (χ1n) is 6.64. The van der Waals surface area contributed by atoms with Gasteiger partial charge < -0.3 is 10.2 Å². The number of halogens is 1. The Morgan fingerprint density at radius 3 is 2.53 bits per heavy atom. The van der Waals surface area contributed by atoms with Gasteiger partial charge >= 0.3 is 0 Å². The first-order valence-corrected chi connectivity index (χ1v) is 7.56. The summed E-state index contributed by atoms with van der Waals surface area (Å²) < 4.78 is 0. The zero-order valence-corrected chi connectivity index (χ0v) is 12.8. The number of alkyl halides is 1. The van der Waals surface area contributed by atoms with E-state index in [4.69, 9.17) is 0 Å². The lowest BCUT2D eigenvalue weighted by Gasteiger charge is -2.24. The van der Waals surface area contributed by atoms with E-state index in [1.54, 1.807) is 0 Å². The van der Waals surface area contributed by atoms with Crippen molar-refractivity contribution in [3.05, 3.63) is 0 Å². The molecular weight excluding hydrogens is 280 g/mol. The van der Waals surface area contributed by atoms with Gasteiger partial charge in [0.25, 0.3) is 0 Å². The molecule has 1 amide bonds. The van der Waals surface area contributed by atoms with Gasteiger partial charge in [0.15, 0.2) is 0 Å². The van der Waals surface area contributed by atoms with E-state index in [2.05, 4.69) is 33.2 Å². The second-order valence-electron chi connectivity index (χ2n) is 5.36. The van der Waals surface area contributed by atoms with Gasteiger partial charge in [-0.1, -0.05) is 42.6 Å². The lowest BCUT2D eigenvalue weighted by atomic mass is 10.1. The van der Waals surface area contributed by atoms with E-state index >= 15 is 0 Å². The third-order valence-electron chi connectivity index (χ3n) is 3.55. The van der Waals surface area contributed by atoms with Crippen LogP contribution in [0.3, 0.4) is 0 Å². The van der Waals surface area contributed by atoms with Crippen LogP contribution in [0.2, 0.25) is 0 Å². The number of nitrogens with zero attached hydrogens (tertiary/aromatic N) is 1. The highest BCUT2D eigenvalue weighted by molar-refractivity contribution is 9.10. The summed E-state index contributed by atoms with van der Waals surface area (Å²) in [7, 11) is 2.16. The van der Waals surface area contributed by atoms with Gasteiger partial charge in [0.05, 0.1) is 4.83 Å². The number of rotatable bonds is 6. The van der Waals surface area contributed by atoms with Gasteiger partial charge in [-0.05, 0) is 25.8 Å². The van der Waals surface area contributed by atoms with Crippen molar-refractivity contribution in [3.8, 4) is 0 Å². The Hall–Kier alpha value is -0.0900. The molecule has 0 saturated heterocycles. The van der Waals surface area contributed by atoms with Crippen molar-refractivity contribution >= 4 is 21.8 Å². The van der Waals surface area contributed by atoms with Crippen LogP contribution in [0.1, 0.15) is 39.5 Å². The summed E-state index contributed by atoms with van der Waals surface area (Å²) in [6.07, 6.45) is 5.35. The van der Waals surface area contributed by atoms with Crippen molar-refractivity contribution in [3.63, 3.8) is 0 Å². The molecule has 0 spiro atoms. The fourth-order valence-corrected chi connectivity index (χ4v) is 2.45. The van der Waals surface area contributed by atoms with Gasteiger partial charge in [-0.3, -0.25) is 4.79 Å². The van der Waals surface area contributed by atoms with Gasteiger partial charge in [-0.2, -0.15) is 0 Å². The molecule has 17 heavy (non-hydrogen) atoms. The maximum absolute atomic E-state index is 11.7. The fourth-order valence-electron chi connectivity index (χ4n) is 2.28. The predicted octanol–water partition coefficient (Wildman–Crippen LogP) is 2.40. The molecule has 0 aromatic rings. The lowest BCUT2D eigenvalue weighted by Crippen LogP contribution is -2.40. The molecule has 1 aliphatic carbocycles. The smallest absolute Gasteiger partial charge is 0.234 e. The van der Waals surface area contributed by atoms with Crippen LogP contribution in [-0.4, -0.2) is 41.8 Å². The molecule has 0 bridgehead atoms. The van der Waals surface area contributed by atoms with Crippen LogP contribution in [-0.2, 0) is 4.79 Å². The van der Waals surface area contributed by atoms with Crippen molar-refractivity contribution in [2.45, 2.75) is 50.4 Å². The van der Waals surface area contributed by atoms with E-state index in [-0.39, 0.29) is 10.7 Å². The number of hydrogen-bond acceptors (Lipinski definition) is 2. The molecular formula is C13H25BrN2O. The van der Waals surface area contributed by atoms with E-state index in [0.717, 1.165) is 19.1 Å². The number of likely N-dealkylation sites (N-methyl/N-ethyl adjacent to an activating group) is 1. The molecule has 1 saturated carbocycles. The Kier molecular flexibility index (Phi) is 6.49. The molecule has 100 valence electrons. The largest absolute Gasteiger partial charge is 0.354 e. The fraction of sp³-hybridized carbons (Fsp3) is 0.923. The van der Waals surface area contributed by atoms with E-state index < -0.39 is 0 Å². The summed E-state index contributed by atoms with van der Waals surface area (Å²) in [6.45, 7) is 5.79. The van der Waals surface area contributed by atoms with Gasteiger partial charge in [0, 0.05) is 19.1 Å². The molecule has 0 aromatic heterocycles. The topological polar surface area (TPSA) is 32.3 Å². The first-order chi connectivity index (χ1) is 8.02. The van der Waals surface area contributed by atoms with Crippen LogP contribution in [0, 0.1) is 5.92 Å². The number of carbonyl (C=O) groups is 1. The molecule has 0 radical (unpaired) electrons. The molecule has 1 rings (SSSR count). The summed E-state index contributed by atoms with van der Waals surface area (Å²) in [5.41, 5.74) is 0. The van der Waals surface area contributed by atoms with Crippen LogP contribution < -0.4 is 5.32 Å². The molecule has 1 aliphatic rings. The molecule has 0 aliphatic heterocycles. The lowest BCUT2D eigenvalue weighted by molar-refractivity contribution is -0.121. The van der Waals surface area contributed by atoms with Gasteiger partial charge in [0.2, 0.25) is 5.91 Å². The number of amides is 1. The summed E-state index contributed by atoms with van der Waals surface area (Å²) in [5, 5.41) is 2.99. The van der Waals surface area contributed by atoms with Crippen molar-refractivity contribution in [2.75, 3.05) is 20.1 Å². The molecule has 1 atom stereocenters. The summed E-state index contributed by atoms with van der Waals surface area (Å²) >= 11 is 3.42. The average molecular weight is 305 g/mol. The highest BCUT2D eigenvalue weighted by Gasteiger charge is 2.20. The second kappa shape index (κ2) is 7.37. The molecule has 1 N–H and O–H groups in total. The molecule has 0 heterocycles. The monoisotopic (exact) mass is 304 g/mol. The summed E-state index contributed by atoms with van der Waals surface area (Å²) in [5.74, 6) is 0.447. The predicted molar refractivity (Wildman–Crippen MR) is 75.4 cm³/mol. The summed E-state index contributed by atoms with van der Waals surface area (Å²) in [6, 6.07) is 0.733. The number of nitrogens with one attached hydrogen (secondary N) is 1. The van der Waals surface area contributed by atoms with E-state index in [1.165, 1.54) is 25.7 Å². The van der Waals surface area contributed by atoms with Crippen LogP contribution in [0.25, 0.3) is 0 Å². The Morgan fingerprint density at radius 2 is 2.00 bits per heavy atom. The highest BCUT2D eigenvalue weighted by atomic mass is 79.9. The first kappa shape index (κ1) is 15.0. The minimum Gasteiger partial charge on any atom is -0.354 e. The maximum Gasteiger partial charge on any atom is 0.234 e. The zero-order valence-electron chi connectivity index (χ0n) is 11.2. The highest BCUT2D eigenvalue weighted by Crippen LogP contribution is 2.21. The van der Waals surface area contributed by atoms with Gasteiger partial charge in [-0.15, -0.1) is 0 Å². The van der Waals surface area contributed by atoms with Crippen molar-refractivity contribution in [1.82, 2.24) is 10.2 Å². The third kappa shape index (κ3) is 4.96. The molecule has 3 nitrogen and oxygen atoms in total. The third-order valence-corrected chi connectivity index (χ3v) is 5.02. The molecule has 4 heteroatoms. The van der Waals surface area contributed by atoms with Gasteiger partial charge in [-0.25, -0.2) is 0 Å². The normalized spacial score (nSPS) is 18.9. The maximum atomic E-state index is 11.7. The molecule has 0 aromatic carbocycles. The van der Waals surface area contributed by atoms with E-state index in [9.17, 15) is 4.79 Å². The van der Waals surface area contributed by atoms with Gasteiger partial charge in [0.1, 0.15) is 0 Å².